The number of halogens is 2. The lowest BCUT2D eigenvalue weighted by Gasteiger charge is -2.14. The summed E-state index contributed by atoms with van der Waals surface area (Å²) < 4.78 is 17.9. The fourth-order valence-corrected chi connectivity index (χ4v) is 4.03. The van der Waals surface area contributed by atoms with Crippen LogP contribution in [0.3, 0.4) is 0 Å². The molecule has 36 heavy (non-hydrogen) atoms. The zero-order valence-corrected chi connectivity index (χ0v) is 21.6. The van der Waals surface area contributed by atoms with Crippen molar-refractivity contribution in [2.45, 2.75) is 20.5 Å². The zero-order chi connectivity index (χ0) is 25.8. The van der Waals surface area contributed by atoms with Gasteiger partial charge in [-0.05, 0) is 67.4 Å². The first-order valence-corrected chi connectivity index (χ1v) is 12.0. The molecule has 8 nitrogen and oxygen atoms in total. The van der Waals surface area contributed by atoms with Crippen molar-refractivity contribution in [2.75, 3.05) is 6.61 Å². The van der Waals surface area contributed by atoms with Crippen LogP contribution in [0.1, 0.15) is 29.2 Å². The highest BCUT2D eigenvalue weighted by Gasteiger charge is 2.26. The SMILES string of the molecule is CCOc1cc(/C=C2\N=C(c3ccc([N+](=O)[O-])c(C)c3)OC2=O)cc(Cl)c1OCc1ccc(Br)cc1. The second-order valence-corrected chi connectivity index (χ2v) is 9.10. The van der Waals surface area contributed by atoms with Gasteiger partial charge in [0.25, 0.3) is 5.69 Å². The standard InChI is InChI=1S/C26H20BrClN2O6/c1-3-34-23-13-17(11-20(28)24(23)35-14-16-4-7-19(27)8-5-16)12-21-26(31)36-25(29-21)18-6-9-22(30(32)33)15(2)10-18/h4-13H,3,14H2,1-2H3/b21-12-. The van der Waals surface area contributed by atoms with Gasteiger partial charge in [0, 0.05) is 21.7 Å². The second-order valence-electron chi connectivity index (χ2n) is 7.77. The average molecular weight is 572 g/mol. The summed E-state index contributed by atoms with van der Waals surface area (Å²) >= 11 is 9.92. The van der Waals surface area contributed by atoms with Crippen LogP contribution in [0.15, 0.2) is 69.8 Å². The molecule has 0 spiro atoms. The van der Waals surface area contributed by atoms with Crippen LogP contribution in [0, 0.1) is 17.0 Å². The van der Waals surface area contributed by atoms with Crippen molar-refractivity contribution in [3.63, 3.8) is 0 Å². The summed E-state index contributed by atoms with van der Waals surface area (Å²) in [6, 6.07) is 15.5. The first-order valence-electron chi connectivity index (χ1n) is 10.9. The smallest absolute Gasteiger partial charge is 0.363 e. The minimum Gasteiger partial charge on any atom is -0.490 e. The van der Waals surface area contributed by atoms with Crippen molar-refractivity contribution in [2.24, 2.45) is 4.99 Å². The van der Waals surface area contributed by atoms with Gasteiger partial charge in [-0.2, -0.15) is 0 Å². The van der Waals surface area contributed by atoms with Crippen LogP contribution in [0.25, 0.3) is 6.08 Å². The summed E-state index contributed by atoms with van der Waals surface area (Å²) in [7, 11) is 0. The molecule has 1 aliphatic heterocycles. The molecule has 0 amide bonds. The number of aryl methyl sites for hydroxylation is 1. The van der Waals surface area contributed by atoms with Gasteiger partial charge < -0.3 is 14.2 Å². The van der Waals surface area contributed by atoms with E-state index in [9.17, 15) is 14.9 Å². The van der Waals surface area contributed by atoms with E-state index in [0.717, 1.165) is 10.0 Å². The molecular weight excluding hydrogens is 552 g/mol. The van der Waals surface area contributed by atoms with Gasteiger partial charge in [0.1, 0.15) is 6.61 Å². The molecule has 1 aliphatic rings. The maximum atomic E-state index is 12.5. The predicted octanol–water partition coefficient (Wildman–Crippen LogP) is 6.64. The number of esters is 1. The molecule has 184 valence electrons. The fraction of sp³-hybridized carbons (Fsp3) is 0.154. The predicted molar refractivity (Wildman–Crippen MR) is 140 cm³/mol. The third-order valence-corrected chi connectivity index (χ3v) is 6.00. The Kier molecular flexibility index (Phi) is 7.71. The number of nitro groups is 1. The molecular formula is C26H20BrClN2O6. The Morgan fingerprint density at radius 3 is 2.56 bits per heavy atom. The van der Waals surface area contributed by atoms with E-state index in [1.54, 1.807) is 25.1 Å². The fourth-order valence-electron chi connectivity index (χ4n) is 3.49. The number of nitro benzene ring substituents is 1. The molecule has 0 aliphatic carbocycles. The van der Waals surface area contributed by atoms with E-state index in [0.29, 0.717) is 46.4 Å². The number of hydrogen-bond donors (Lipinski definition) is 0. The van der Waals surface area contributed by atoms with Crippen molar-refractivity contribution >= 4 is 51.2 Å². The lowest BCUT2D eigenvalue weighted by molar-refractivity contribution is -0.385. The minimum atomic E-state index is -0.648. The zero-order valence-electron chi connectivity index (χ0n) is 19.3. The lowest BCUT2D eigenvalue weighted by atomic mass is 10.1. The number of ether oxygens (including phenoxy) is 3. The Morgan fingerprint density at radius 1 is 1.14 bits per heavy atom. The molecule has 4 rings (SSSR count). The van der Waals surface area contributed by atoms with Gasteiger partial charge in [0.15, 0.2) is 17.2 Å². The average Bonchev–Trinajstić information content (AvgIpc) is 3.19. The monoisotopic (exact) mass is 570 g/mol. The summed E-state index contributed by atoms with van der Waals surface area (Å²) in [6.07, 6.45) is 1.53. The first kappa shape index (κ1) is 25.4. The van der Waals surface area contributed by atoms with Crippen LogP contribution in [-0.2, 0) is 16.1 Å². The molecule has 0 saturated carbocycles. The number of benzene rings is 3. The number of carbonyl (C=O) groups excluding carboxylic acids is 1. The van der Waals surface area contributed by atoms with E-state index in [1.165, 1.54) is 18.2 Å². The second kappa shape index (κ2) is 10.9. The number of rotatable bonds is 8. The van der Waals surface area contributed by atoms with Gasteiger partial charge in [-0.1, -0.05) is 39.7 Å². The van der Waals surface area contributed by atoms with E-state index in [1.807, 2.05) is 31.2 Å². The maximum Gasteiger partial charge on any atom is 0.363 e. The highest BCUT2D eigenvalue weighted by Crippen LogP contribution is 2.38. The maximum absolute atomic E-state index is 12.5. The Labute approximate surface area is 220 Å². The van der Waals surface area contributed by atoms with Crippen molar-refractivity contribution in [3.8, 4) is 11.5 Å². The van der Waals surface area contributed by atoms with Crippen molar-refractivity contribution in [1.82, 2.24) is 0 Å². The molecule has 10 heteroatoms. The number of nitrogens with zero attached hydrogens (tertiary/aromatic N) is 2. The van der Waals surface area contributed by atoms with Crippen LogP contribution in [0.5, 0.6) is 11.5 Å². The van der Waals surface area contributed by atoms with Gasteiger partial charge >= 0.3 is 5.97 Å². The normalized spacial score (nSPS) is 13.9. The number of hydrogen-bond acceptors (Lipinski definition) is 7. The molecule has 0 saturated heterocycles. The molecule has 0 fully saturated rings. The summed E-state index contributed by atoms with van der Waals surface area (Å²) in [6.45, 7) is 4.12. The summed E-state index contributed by atoms with van der Waals surface area (Å²) in [4.78, 5) is 27.3. The lowest BCUT2D eigenvalue weighted by Crippen LogP contribution is -2.06. The van der Waals surface area contributed by atoms with E-state index in [-0.39, 0.29) is 17.3 Å². The Hall–Kier alpha value is -3.69. The molecule has 1 heterocycles. The van der Waals surface area contributed by atoms with Crippen LogP contribution >= 0.6 is 27.5 Å². The van der Waals surface area contributed by atoms with Crippen LogP contribution in [0.2, 0.25) is 5.02 Å². The van der Waals surface area contributed by atoms with Gasteiger partial charge in [0.2, 0.25) is 5.90 Å². The van der Waals surface area contributed by atoms with Crippen molar-refractivity contribution in [3.05, 3.63) is 102 Å². The Bertz CT molecular complexity index is 1400. The van der Waals surface area contributed by atoms with Crippen molar-refractivity contribution < 1.29 is 23.9 Å². The molecule has 3 aromatic rings. The quantitative estimate of drug-likeness (QED) is 0.130. The van der Waals surface area contributed by atoms with Crippen LogP contribution in [0.4, 0.5) is 5.69 Å². The number of cyclic esters (lactones) is 1. The van der Waals surface area contributed by atoms with Gasteiger partial charge in [0.05, 0.1) is 16.6 Å². The highest BCUT2D eigenvalue weighted by molar-refractivity contribution is 9.10. The molecule has 0 unspecified atom stereocenters. The van der Waals surface area contributed by atoms with E-state index in [2.05, 4.69) is 20.9 Å². The summed E-state index contributed by atoms with van der Waals surface area (Å²) in [5.74, 6) is 0.235. The molecule has 0 atom stereocenters. The largest absolute Gasteiger partial charge is 0.490 e. The highest BCUT2D eigenvalue weighted by atomic mass is 79.9. The van der Waals surface area contributed by atoms with Crippen LogP contribution < -0.4 is 9.47 Å². The molecule has 3 aromatic carbocycles. The van der Waals surface area contributed by atoms with Crippen LogP contribution in [-0.4, -0.2) is 23.4 Å². The summed E-state index contributed by atoms with van der Waals surface area (Å²) in [5.41, 5.74) is 2.44. The third-order valence-electron chi connectivity index (χ3n) is 5.19. The molecule has 0 radical (unpaired) electrons. The first-order chi connectivity index (χ1) is 17.2. The van der Waals surface area contributed by atoms with E-state index < -0.39 is 10.9 Å². The molecule has 0 aromatic heterocycles. The van der Waals surface area contributed by atoms with E-state index in [4.69, 9.17) is 25.8 Å². The van der Waals surface area contributed by atoms with E-state index >= 15 is 0 Å². The molecule has 0 N–H and O–H groups in total. The Morgan fingerprint density at radius 2 is 1.89 bits per heavy atom. The summed E-state index contributed by atoms with van der Waals surface area (Å²) in [5, 5.41) is 11.4. The number of carbonyl (C=O) groups is 1. The number of aliphatic imine (C=N–C) groups is 1. The molecule has 0 bridgehead atoms. The van der Waals surface area contributed by atoms with Gasteiger partial charge in [-0.15, -0.1) is 0 Å². The third kappa shape index (κ3) is 5.75. The topological polar surface area (TPSA) is 100 Å². The van der Waals surface area contributed by atoms with Crippen molar-refractivity contribution in [1.29, 1.82) is 0 Å². The van der Waals surface area contributed by atoms with Gasteiger partial charge in [-0.25, -0.2) is 9.79 Å². The minimum absolute atomic E-state index is 0.0278. The Balaban J connectivity index is 1.60. The van der Waals surface area contributed by atoms with Gasteiger partial charge in [-0.3, -0.25) is 10.1 Å².